The molecule has 0 saturated heterocycles. The molecule has 0 aromatic heterocycles. The minimum absolute atomic E-state index is 0.0914. The summed E-state index contributed by atoms with van der Waals surface area (Å²) in [6.07, 6.45) is 56.6. The second kappa shape index (κ2) is 50.0. The van der Waals surface area contributed by atoms with E-state index in [0.29, 0.717) is 26.1 Å². The molecule has 0 aliphatic rings. The van der Waals surface area contributed by atoms with Gasteiger partial charge in [-0.1, -0.05) is 245 Å². The second-order valence-electron chi connectivity index (χ2n) is 17.8. The summed E-state index contributed by atoms with van der Waals surface area (Å²) in [5, 5.41) is 0. The van der Waals surface area contributed by atoms with Crippen molar-refractivity contribution in [3.8, 4) is 0 Å². The van der Waals surface area contributed by atoms with E-state index >= 15 is 0 Å². The number of rotatable bonds is 49. The van der Waals surface area contributed by atoms with Crippen LogP contribution in [-0.2, 0) is 23.8 Å². The SMILES string of the molecule is CCCCCCCC/C=C\CCCCCCCCCC(=O)OCC(COCCCCCCCCCCCCCCCCCCCC)OC(=O)CCCCCCCCC. The zero-order chi connectivity index (χ0) is 42.1. The minimum Gasteiger partial charge on any atom is -0.462 e. The number of esters is 2. The molecule has 5 nitrogen and oxygen atoms in total. The number of carbonyl (C=O) groups excluding carboxylic acids is 2. The monoisotopic (exact) mass is 819 g/mol. The number of ether oxygens (including phenoxy) is 3. The molecule has 1 unspecified atom stereocenters. The Morgan fingerprint density at radius 3 is 1.05 bits per heavy atom. The van der Waals surface area contributed by atoms with Gasteiger partial charge in [-0.3, -0.25) is 9.59 Å². The zero-order valence-corrected chi connectivity index (χ0v) is 39.6. The van der Waals surface area contributed by atoms with Crippen molar-refractivity contribution in [1.82, 2.24) is 0 Å². The smallest absolute Gasteiger partial charge is 0.306 e. The van der Waals surface area contributed by atoms with Crippen LogP contribution in [-0.4, -0.2) is 37.9 Å². The van der Waals surface area contributed by atoms with Gasteiger partial charge in [0.2, 0.25) is 0 Å². The number of unbranched alkanes of at least 4 members (excludes halogenated alkanes) is 36. The van der Waals surface area contributed by atoms with Crippen molar-refractivity contribution in [1.29, 1.82) is 0 Å². The Bertz CT molecular complexity index is 840. The second-order valence-corrected chi connectivity index (χ2v) is 17.8. The van der Waals surface area contributed by atoms with Gasteiger partial charge in [0.05, 0.1) is 6.61 Å². The van der Waals surface area contributed by atoms with Gasteiger partial charge in [-0.25, -0.2) is 0 Å². The lowest BCUT2D eigenvalue weighted by Gasteiger charge is -2.18. The summed E-state index contributed by atoms with van der Waals surface area (Å²) >= 11 is 0. The van der Waals surface area contributed by atoms with Gasteiger partial charge in [0.25, 0.3) is 0 Å². The lowest BCUT2D eigenvalue weighted by molar-refractivity contribution is -0.163. The van der Waals surface area contributed by atoms with Crippen LogP contribution in [0.3, 0.4) is 0 Å². The van der Waals surface area contributed by atoms with Gasteiger partial charge in [-0.2, -0.15) is 0 Å². The third-order valence-electron chi connectivity index (χ3n) is 11.8. The third-order valence-corrected chi connectivity index (χ3v) is 11.8. The van der Waals surface area contributed by atoms with Crippen molar-refractivity contribution in [2.24, 2.45) is 0 Å². The molecule has 0 radical (unpaired) electrons. The lowest BCUT2D eigenvalue weighted by Crippen LogP contribution is -2.30. The van der Waals surface area contributed by atoms with Crippen molar-refractivity contribution in [3.63, 3.8) is 0 Å². The Hall–Kier alpha value is -1.36. The van der Waals surface area contributed by atoms with Gasteiger partial charge in [0.1, 0.15) is 6.61 Å². The Balaban J connectivity index is 4.05. The maximum Gasteiger partial charge on any atom is 0.306 e. The van der Waals surface area contributed by atoms with Crippen LogP contribution < -0.4 is 0 Å². The topological polar surface area (TPSA) is 61.8 Å². The van der Waals surface area contributed by atoms with Crippen LogP contribution in [0.5, 0.6) is 0 Å². The predicted octanol–water partition coefficient (Wildman–Crippen LogP) is 17.5. The molecule has 1 atom stereocenters. The van der Waals surface area contributed by atoms with Crippen molar-refractivity contribution < 1.29 is 23.8 Å². The summed E-state index contributed by atoms with van der Waals surface area (Å²) in [6, 6.07) is 0. The average Bonchev–Trinajstić information content (AvgIpc) is 3.22. The fourth-order valence-corrected chi connectivity index (χ4v) is 7.86. The highest BCUT2D eigenvalue weighted by Crippen LogP contribution is 2.16. The van der Waals surface area contributed by atoms with Crippen LogP contribution in [0.25, 0.3) is 0 Å². The maximum atomic E-state index is 12.7. The molecule has 0 aliphatic carbocycles. The average molecular weight is 819 g/mol. The zero-order valence-electron chi connectivity index (χ0n) is 39.6. The molecular weight excluding hydrogens is 717 g/mol. The third kappa shape index (κ3) is 47.3. The summed E-state index contributed by atoms with van der Waals surface area (Å²) in [7, 11) is 0. The first-order valence-electron chi connectivity index (χ1n) is 26.2. The van der Waals surface area contributed by atoms with E-state index in [2.05, 4.69) is 32.9 Å². The number of hydrogen-bond acceptors (Lipinski definition) is 5. The van der Waals surface area contributed by atoms with Gasteiger partial charge >= 0.3 is 11.9 Å². The summed E-state index contributed by atoms with van der Waals surface area (Å²) in [6.45, 7) is 7.85. The Kier molecular flexibility index (Phi) is 48.8. The fourth-order valence-electron chi connectivity index (χ4n) is 7.86. The van der Waals surface area contributed by atoms with Crippen molar-refractivity contribution in [3.05, 3.63) is 12.2 Å². The summed E-state index contributed by atoms with van der Waals surface area (Å²) < 4.78 is 17.3. The van der Waals surface area contributed by atoms with Gasteiger partial charge in [-0.15, -0.1) is 0 Å². The van der Waals surface area contributed by atoms with Crippen molar-refractivity contribution >= 4 is 11.9 Å². The van der Waals surface area contributed by atoms with Gasteiger partial charge in [-0.05, 0) is 44.9 Å². The largest absolute Gasteiger partial charge is 0.462 e. The first kappa shape index (κ1) is 56.6. The van der Waals surface area contributed by atoms with Crippen LogP contribution in [0.1, 0.15) is 290 Å². The van der Waals surface area contributed by atoms with E-state index in [9.17, 15) is 9.59 Å². The molecule has 0 aromatic rings. The molecule has 344 valence electrons. The molecule has 0 spiro atoms. The molecule has 5 heteroatoms. The van der Waals surface area contributed by atoms with E-state index in [0.717, 1.165) is 32.1 Å². The van der Waals surface area contributed by atoms with E-state index in [-0.39, 0.29) is 18.5 Å². The Morgan fingerprint density at radius 2 is 0.672 bits per heavy atom. The summed E-state index contributed by atoms with van der Waals surface area (Å²) in [5.74, 6) is -0.389. The van der Waals surface area contributed by atoms with Crippen molar-refractivity contribution in [2.45, 2.75) is 297 Å². The fraction of sp³-hybridized carbons (Fsp3) is 0.925. The van der Waals surface area contributed by atoms with Crippen LogP contribution in [0.2, 0.25) is 0 Å². The quantitative estimate of drug-likeness (QED) is 0.0348. The highest BCUT2D eigenvalue weighted by atomic mass is 16.6. The van der Waals surface area contributed by atoms with Gasteiger partial charge in [0.15, 0.2) is 6.10 Å². The molecule has 0 fully saturated rings. The first-order valence-corrected chi connectivity index (χ1v) is 26.2. The minimum atomic E-state index is -0.526. The molecule has 58 heavy (non-hydrogen) atoms. The first-order chi connectivity index (χ1) is 28.6. The summed E-state index contributed by atoms with van der Waals surface area (Å²) in [4.78, 5) is 25.2. The van der Waals surface area contributed by atoms with E-state index in [1.54, 1.807) is 0 Å². The lowest BCUT2D eigenvalue weighted by atomic mass is 10.0. The number of allylic oxidation sites excluding steroid dienone is 2. The van der Waals surface area contributed by atoms with Crippen molar-refractivity contribution in [2.75, 3.05) is 19.8 Å². The molecule has 0 N–H and O–H groups in total. The van der Waals surface area contributed by atoms with Crippen LogP contribution >= 0.6 is 0 Å². The van der Waals surface area contributed by atoms with Gasteiger partial charge < -0.3 is 14.2 Å². The molecule has 0 heterocycles. The standard InChI is InChI=1S/C53H102O5/c1-4-7-10-13-16-18-20-22-24-26-28-30-32-34-36-39-42-45-48-56-49-51(58-53(55)47-44-41-37-15-12-9-6-3)50-57-52(54)46-43-40-38-35-33-31-29-27-25-23-21-19-17-14-11-8-5-2/h23,25,51H,4-22,24,26-50H2,1-3H3/b25-23-. The van der Waals surface area contributed by atoms with E-state index in [1.807, 2.05) is 0 Å². The molecule has 0 rings (SSSR count). The molecule has 0 bridgehead atoms. The maximum absolute atomic E-state index is 12.7. The van der Waals surface area contributed by atoms with E-state index < -0.39 is 6.10 Å². The Morgan fingerprint density at radius 1 is 0.362 bits per heavy atom. The molecule has 0 aliphatic heterocycles. The van der Waals surface area contributed by atoms with Crippen LogP contribution in [0.4, 0.5) is 0 Å². The van der Waals surface area contributed by atoms with E-state index in [4.69, 9.17) is 14.2 Å². The van der Waals surface area contributed by atoms with Crippen LogP contribution in [0.15, 0.2) is 12.2 Å². The van der Waals surface area contributed by atoms with Gasteiger partial charge in [0, 0.05) is 19.4 Å². The highest BCUT2D eigenvalue weighted by molar-refractivity contribution is 5.70. The predicted molar refractivity (Wildman–Crippen MR) is 252 cm³/mol. The summed E-state index contributed by atoms with van der Waals surface area (Å²) in [5.41, 5.74) is 0. The molecule has 0 amide bonds. The normalized spacial score (nSPS) is 12.1. The van der Waals surface area contributed by atoms with E-state index in [1.165, 1.54) is 225 Å². The molecule has 0 aromatic carbocycles. The Labute approximate surface area is 363 Å². The number of hydrogen-bond donors (Lipinski definition) is 0. The highest BCUT2D eigenvalue weighted by Gasteiger charge is 2.17. The molecular formula is C53H102O5. The molecule has 0 saturated carbocycles. The van der Waals surface area contributed by atoms with Crippen LogP contribution in [0, 0.1) is 0 Å². The number of carbonyl (C=O) groups is 2.